The van der Waals surface area contributed by atoms with E-state index in [1.165, 1.54) is 0 Å². The van der Waals surface area contributed by atoms with Gasteiger partial charge in [0.25, 0.3) is 0 Å². The van der Waals surface area contributed by atoms with E-state index in [-0.39, 0.29) is 0 Å². The number of rotatable bonds is 3. The summed E-state index contributed by atoms with van der Waals surface area (Å²) in [5.74, 6) is 2.00. The summed E-state index contributed by atoms with van der Waals surface area (Å²) >= 11 is 1.94. The molecular weight excluding hydrogens is 188 g/mol. The van der Waals surface area contributed by atoms with E-state index in [1.54, 1.807) is 16.0 Å². The highest BCUT2D eigenvalue weighted by atomic mass is 32.1. The highest BCUT2D eigenvalue weighted by Crippen LogP contribution is 2.37. The molecule has 0 spiro atoms. The Labute approximate surface area is 92.4 Å². The maximum absolute atomic E-state index is 2.36. The van der Waals surface area contributed by atoms with E-state index in [1.807, 2.05) is 11.3 Å². The van der Waals surface area contributed by atoms with Crippen LogP contribution in [0.1, 0.15) is 75.3 Å². The molecule has 0 radical (unpaired) electrons. The van der Waals surface area contributed by atoms with Gasteiger partial charge in [0.1, 0.15) is 0 Å². The van der Waals surface area contributed by atoms with Crippen molar-refractivity contribution in [2.24, 2.45) is 0 Å². The van der Waals surface area contributed by atoms with Gasteiger partial charge in [0.05, 0.1) is 0 Å². The van der Waals surface area contributed by atoms with Crippen LogP contribution in [0.3, 0.4) is 0 Å². The molecule has 0 saturated carbocycles. The maximum atomic E-state index is 2.36. The summed E-state index contributed by atoms with van der Waals surface area (Å²) in [6.45, 7) is 13.8. The summed E-state index contributed by atoms with van der Waals surface area (Å²) in [5, 5.41) is 2.36. The SMILES string of the molecule is CC(C)c1csc(C(C)C)c1C(C)C. The van der Waals surface area contributed by atoms with Crippen LogP contribution in [0, 0.1) is 0 Å². The van der Waals surface area contributed by atoms with Crippen LogP contribution in [0.4, 0.5) is 0 Å². The molecule has 80 valence electrons. The lowest BCUT2D eigenvalue weighted by molar-refractivity contribution is 0.767. The summed E-state index contributed by atoms with van der Waals surface area (Å²) in [5.41, 5.74) is 3.17. The lowest BCUT2D eigenvalue weighted by Gasteiger charge is -2.15. The first-order valence-electron chi connectivity index (χ1n) is 5.56. The Kier molecular flexibility index (Phi) is 3.77. The fraction of sp³-hybridized carbons (Fsp3) is 0.692. The Morgan fingerprint density at radius 1 is 0.857 bits per heavy atom. The van der Waals surface area contributed by atoms with Crippen LogP contribution < -0.4 is 0 Å². The van der Waals surface area contributed by atoms with Crippen LogP contribution >= 0.6 is 11.3 Å². The second-order valence-corrected chi connectivity index (χ2v) is 5.84. The van der Waals surface area contributed by atoms with Crippen LogP contribution in [0.15, 0.2) is 5.38 Å². The minimum absolute atomic E-state index is 0.663. The van der Waals surface area contributed by atoms with Gasteiger partial charge in [0, 0.05) is 4.88 Å². The number of thiophene rings is 1. The van der Waals surface area contributed by atoms with Crippen LogP contribution in [0.25, 0.3) is 0 Å². The molecule has 14 heavy (non-hydrogen) atoms. The second kappa shape index (κ2) is 4.48. The van der Waals surface area contributed by atoms with Crippen LogP contribution in [-0.4, -0.2) is 0 Å². The van der Waals surface area contributed by atoms with Crippen molar-refractivity contribution in [1.29, 1.82) is 0 Å². The Balaban J connectivity index is 3.20. The van der Waals surface area contributed by atoms with Gasteiger partial charge >= 0.3 is 0 Å². The second-order valence-electron chi connectivity index (χ2n) is 4.93. The molecule has 0 N–H and O–H groups in total. The largest absolute Gasteiger partial charge is 0.148 e. The minimum Gasteiger partial charge on any atom is -0.148 e. The van der Waals surface area contributed by atoms with Crippen LogP contribution in [0.5, 0.6) is 0 Å². The molecule has 0 amide bonds. The zero-order chi connectivity index (χ0) is 10.9. The van der Waals surface area contributed by atoms with Crippen LogP contribution in [-0.2, 0) is 0 Å². The molecular formula is C13H22S. The van der Waals surface area contributed by atoms with E-state index in [0.29, 0.717) is 17.8 Å². The van der Waals surface area contributed by atoms with Gasteiger partial charge in [-0.3, -0.25) is 0 Å². The van der Waals surface area contributed by atoms with Crippen molar-refractivity contribution in [3.8, 4) is 0 Å². The van der Waals surface area contributed by atoms with E-state index in [2.05, 4.69) is 46.9 Å². The predicted molar refractivity (Wildman–Crippen MR) is 66.6 cm³/mol. The lowest BCUT2D eigenvalue weighted by Crippen LogP contribution is -1.99. The van der Waals surface area contributed by atoms with Gasteiger partial charge in [0.15, 0.2) is 0 Å². The highest BCUT2D eigenvalue weighted by molar-refractivity contribution is 7.10. The van der Waals surface area contributed by atoms with Crippen molar-refractivity contribution >= 4 is 11.3 Å². The topological polar surface area (TPSA) is 0 Å². The molecule has 0 nitrogen and oxygen atoms in total. The van der Waals surface area contributed by atoms with E-state index in [0.717, 1.165) is 0 Å². The van der Waals surface area contributed by atoms with Crippen molar-refractivity contribution < 1.29 is 0 Å². The molecule has 1 aromatic rings. The summed E-state index contributed by atoms with van der Waals surface area (Å²) in [6.07, 6.45) is 0. The quantitative estimate of drug-likeness (QED) is 0.649. The molecule has 0 aliphatic heterocycles. The third kappa shape index (κ3) is 2.20. The Morgan fingerprint density at radius 2 is 1.43 bits per heavy atom. The van der Waals surface area contributed by atoms with E-state index >= 15 is 0 Å². The third-order valence-electron chi connectivity index (χ3n) is 2.61. The Bertz CT molecular complexity index is 267. The van der Waals surface area contributed by atoms with E-state index in [9.17, 15) is 0 Å². The third-order valence-corrected chi connectivity index (χ3v) is 3.93. The molecule has 1 heteroatoms. The minimum atomic E-state index is 0.663. The summed E-state index contributed by atoms with van der Waals surface area (Å²) in [6, 6.07) is 0. The lowest BCUT2D eigenvalue weighted by atomic mass is 9.90. The molecule has 1 aromatic heterocycles. The summed E-state index contributed by atoms with van der Waals surface area (Å²) in [7, 11) is 0. The molecule has 0 atom stereocenters. The highest BCUT2D eigenvalue weighted by Gasteiger charge is 2.18. The van der Waals surface area contributed by atoms with Gasteiger partial charge in [0.2, 0.25) is 0 Å². The molecule has 0 fully saturated rings. The molecule has 0 bridgehead atoms. The molecule has 0 aliphatic rings. The van der Waals surface area contributed by atoms with Gasteiger partial charge in [-0.1, -0.05) is 41.5 Å². The van der Waals surface area contributed by atoms with E-state index in [4.69, 9.17) is 0 Å². The number of hydrogen-bond donors (Lipinski definition) is 0. The first kappa shape index (κ1) is 11.8. The zero-order valence-corrected chi connectivity index (χ0v) is 11.0. The number of hydrogen-bond acceptors (Lipinski definition) is 1. The molecule has 0 unspecified atom stereocenters. The van der Waals surface area contributed by atoms with Gasteiger partial charge in [-0.05, 0) is 34.3 Å². The fourth-order valence-corrected chi connectivity index (χ4v) is 3.31. The van der Waals surface area contributed by atoms with E-state index < -0.39 is 0 Å². The summed E-state index contributed by atoms with van der Waals surface area (Å²) in [4.78, 5) is 1.59. The molecule has 1 rings (SSSR count). The van der Waals surface area contributed by atoms with Crippen molar-refractivity contribution in [1.82, 2.24) is 0 Å². The Hall–Kier alpha value is -0.300. The first-order valence-corrected chi connectivity index (χ1v) is 6.44. The zero-order valence-electron chi connectivity index (χ0n) is 10.2. The standard InChI is InChI=1S/C13H22S/c1-8(2)11-7-14-13(10(5)6)12(11)9(3)4/h7-10H,1-6H3. The monoisotopic (exact) mass is 210 g/mol. The van der Waals surface area contributed by atoms with Gasteiger partial charge < -0.3 is 0 Å². The van der Waals surface area contributed by atoms with Gasteiger partial charge in [-0.15, -0.1) is 11.3 Å². The average Bonchev–Trinajstić information content (AvgIpc) is 2.46. The van der Waals surface area contributed by atoms with Gasteiger partial charge in [-0.25, -0.2) is 0 Å². The predicted octanol–water partition coefficient (Wildman–Crippen LogP) is 5.12. The molecule has 0 aliphatic carbocycles. The van der Waals surface area contributed by atoms with Crippen molar-refractivity contribution in [3.63, 3.8) is 0 Å². The maximum Gasteiger partial charge on any atom is 0.0108 e. The molecule has 0 aromatic carbocycles. The van der Waals surface area contributed by atoms with Crippen molar-refractivity contribution in [2.75, 3.05) is 0 Å². The summed E-state index contributed by atoms with van der Waals surface area (Å²) < 4.78 is 0. The Morgan fingerprint density at radius 3 is 1.79 bits per heavy atom. The normalized spacial score (nSPS) is 12.1. The van der Waals surface area contributed by atoms with Crippen LogP contribution in [0.2, 0.25) is 0 Å². The van der Waals surface area contributed by atoms with Crippen molar-refractivity contribution in [2.45, 2.75) is 59.3 Å². The van der Waals surface area contributed by atoms with Crippen molar-refractivity contribution in [3.05, 3.63) is 21.4 Å². The smallest absolute Gasteiger partial charge is 0.0108 e. The van der Waals surface area contributed by atoms with Gasteiger partial charge in [-0.2, -0.15) is 0 Å². The molecule has 0 saturated heterocycles. The fourth-order valence-electron chi connectivity index (χ4n) is 1.91. The molecule has 1 heterocycles. The average molecular weight is 210 g/mol. The first-order chi connectivity index (χ1) is 6.45.